The predicted molar refractivity (Wildman–Crippen MR) is 61.8 cm³/mol. The fourth-order valence-electron chi connectivity index (χ4n) is 2.40. The van der Waals surface area contributed by atoms with Crippen molar-refractivity contribution in [1.82, 2.24) is 0 Å². The summed E-state index contributed by atoms with van der Waals surface area (Å²) < 4.78 is 4.87. The Balaban J connectivity index is 2.99. The van der Waals surface area contributed by atoms with Crippen LogP contribution in [0.5, 0.6) is 0 Å². The average molecular weight is 235 g/mol. The minimum Gasteiger partial charge on any atom is -0.465 e. The number of ether oxygens (including phenoxy) is 1. The van der Waals surface area contributed by atoms with Crippen molar-refractivity contribution in [1.29, 1.82) is 5.26 Å². The molecule has 0 aromatic carbocycles. The lowest BCUT2D eigenvalue weighted by Crippen LogP contribution is -2.33. The number of hydrogen-bond donors (Lipinski definition) is 0. The minimum atomic E-state index is -1.10. The van der Waals surface area contributed by atoms with Crippen LogP contribution in [0.25, 0.3) is 0 Å². The highest BCUT2D eigenvalue weighted by atomic mass is 16.5. The predicted octanol–water partition coefficient (Wildman–Crippen LogP) is 1.86. The Morgan fingerprint density at radius 3 is 2.88 bits per heavy atom. The maximum Gasteiger partial charge on any atom is 0.316 e. The van der Waals surface area contributed by atoms with Gasteiger partial charge in [-0.25, -0.2) is 0 Å². The number of carbonyl (C=O) groups excluding carboxylic acids is 2. The molecule has 3 unspecified atom stereocenters. The van der Waals surface area contributed by atoms with Gasteiger partial charge in [-0.1, -0.05) is 13.0 Å². The van der Waals surface area contributed by atoms with E-state index in [-0.39, 0.29) is 18.3 Å². The molecule has 1 fully saturated rings. The van der Waals surface area contributed by atoms with E-state index in [1.54, 1.807) is 13.0 Å². The molecule has 0 amide bonds. The number of nitrogens with zero attached hydrogens (tertiary/aromatic N) is 1. The number of Topliss-reactive ketones (excluding diaryl/α,β-unsaturated/α-hetero) is 1. The SMILES string of the molecule is C=CCC1(C#N)C(=O)C(C(=O)OCC)CC1C. The Kier molecular flexibility index (Phi) is 4.06. The molecule has 17 heavy (non-hydrogen) atoms. The highest BCUT2D eigenvalue weighted by Gasteiger charge is 2.55. The van der Waals surface area contributed by atoms with E-state index in [0.29, 0.717) is 12.8 Å². The molecule has 0 N–H and O–H groups in total. The van der Waals surface area contributed by atoms with Crippen molar-refractivity contribution in [3.05, 3.63) is 12.7 Å². The van der Waals surface area contributed by atoms with Gasteiger partial charge in [0.05, 0.1) is 12.7 Å². The van der Waals surface area contributed by atoms with Crippen LogP contribution in [0, 0.1) is 28.6 Å². The second-order valence-electron chi connectivity index (χ2n) is 4.38. The molecule has 0 aromatic heterocycles. The topological polar surface area (TPSA) is 67.2 Å². The van der Waals surface area contributed by atoms with Gasteiger partial charge >= 0.3 is 5.97 Å². The molecule has 1 aliphatic carbocycles. The van der Waals surface area contributed by atoms with Gasteiger partial charge in [0.25, 0.3) is 0 Å². The fraction of sp³-hybridized carbons (Fsp3) is 0.615. The number of ketones is 1. The average Bonchev–Trinajstić information content (AvgIpc) is 2.55. The molecular formula is C13H17NO3. The van der Waals surface area contributed by atoms with E-state index in [4.69, 9.17) is 4.74 Å². The molecular weight excluding hydrogens is 218 g/mol. The van der Waals surface area contributed by atoms with Crippen molar-refractivity contribution in [3.8, 4) is 6.07 Å². The Bertz CT molecular complexity index is 383. The number of carbonyl (C=O) groups is 2. The quantitative estimate of drug-likeness (QED) is 0.424. The molecule has 0 aliphatic heterocycles. The van der Waals surface area contributed by atoms with Gasteiger partial charge < -0.3 is 4.74 Å². The summed E-state index contributed by atoms with van der Waals surface area (Å²) in [4.78, 5) is 23.8. The Labute approximate surface area is 101 Å². The molecule has 1 rings (SSSR count). The molecule has 4 nitrogen and oxygen atoms in total. The van der Waals surface area contributed by atoms with E-state index in [1.165, 1.54) is 0 Å². The number of esters is 1. The van der Waals surface area contributed by atoms with Crippen LogP contribution in [0.15, 0.2) is 12.7 Å². The number of rotatable bonds is 4. The van der Waals surface area contributed by atoms with Crippen LogP contribution < -0.4 is 0 Å². The van der Waals surface area contributed by atoms with Crippen LogP contribution in [-0.2, 0) is 14.3 Å². The van der Waals surface area contributed by atoms with Gasteiger partial charge in [-0.2, -0.15) is 5.26 Å². The third-order valence-electron chi connectivity index (χ3n) is 3.42. The summed E-state index contributed by atoms with van der Waals surface area (Å²) in [5.41, 5.74) is -1.10. The summed E-state index contributed by atoms with van der Waals surface area (Å²) >= 11 is 0. The summed E-state index contributed by atoms with van der Waals surface area (Å²) in [6, 6.07) is 2.08. The molecule has 0 saturated heterocycles. The molecule has 0 aromatic rings. The molecule has 0 radical (unpaired) electrons. The summed E-state index contributed by atoms with van der Waals surface area (Å²) in [6.07, 6.45) is 2.24. The molecule has 92 valence electrons. The van der Waals surface area contributed by atoms with E-state index >= 15 is 0 Å². The largest absolute Gasteiger partial charge is 0.465 e. The molecule has 1 aliphatic rings. The van der Waals surface area contributed by atoms with Crippen molar-refractivity contribution in [2.24, 2.45) is 17.3 Å². The lowest BCUT2D eigenvalue weighted by atomic mass is 9.76. The zero-order valence-electron chi connectivity index (χ0n) is 10.2. The molecule has 0 heterocycles. The van der Waals surface area contributed by atoms with Crippen LogP contribution in [-0.4, -0.2) is 18.4 Å². The zero-order valence-corrected chi connectivity index (χ0v) is 10.2. The van der Waals surface area contributed by atoms with Crippen molar-refractivity contribution in [2.45, 2.75) is 26.7 Å². The van der Waals surface area contributed by atoms with Gasteiger partial charge in [0.1, 0.15) is 11.3 Å². The van der Waals surface area contributed by atoms with Crippen molar-refractivity contribution >= 4 is 11.8 Å². The standard InChI is InChI=1S/C13H17NO3/c1-4-6-13(8-14)9(3)7-10(11(13)15)12(16)17-5-2/h4,9-10H,1,5-7H2,2-3H3. The molecule has 4 heteroatoms. The molecule has 3 atom stereocenters. The van der Waals surface area contributed by atoms with Gasteiger partial charge in [0.2, 0.25) is 0 Å². The fourth-order valence-corrected chi connectivity index (χ4v) is 2.40. The third kappa shape index (κ3) is 2.10. The second kappa shape index (κ2) is 5.13. The third-order valence-corrected chi connectivity index (χ3v) is 3.42. The van der Waals surface area contributed by atoms with Crippen LogP contribution in [0.2, 0.25) is 0 Å². The van der Waals surface area contributed by atoms with E-state index in [0.717, 1.165) is 0 Å². The van der Waals surface area contributed by atoms with Gasteiger partial charge in [0, 0.05) is 0 Å². The van der Waals surface area contributed by atoms with E-state index in [9.17, 15) is 14.9 Å². The lowest BCUT2D eigenvalue weighted by Gasteiger charge is -2.22. The van der Waals surface area contributed by atoms with E-state index in [2.05, 4.69) is 12.6 Å². The summed E-state index contributed by atoms with van der Waals surface area (Å²) in [5.74, 6) is -1.76. The number of allylic oxidation sites excluding steroid dienone is 1. The first-order valence-corrected chi connectivity index (χ1v) is 5.76. The van der Waals surface area contributed by atoms with Gasteiger partial charge in [-0.15, -0.1) is 6.58 Å². The van der Waals surface area contributed by atoms with Crippen LogP contribution in [0.3, 0.4) is 0 Å². The number of hydrogen-bond acceptors (Lipinski definition) is 4. The van der Waals surface area contributed by atoms with Gasteiger partial charge in [-0.3, -0.25) is 9.59 Å². The minimum absolute atomic E-state index is 0.146. The highest BCUT2D eigenvalue weighted by molar-refractivity contribution is 6.05. The highest BCUT2D eigenvalue weighted by Crippen LogP contribution is 2.46. The van der Waals surface area contributed by atoms with Crippen molar-refractivity contribution < 1.29 is 14.3 Å². The first-order valence-electron chi connectivity index (χ1n) is 5.76. The summed E-state index contributed by atoms with van der Waals surface area (Å²) in [5, 5.41) is 9.25. The Morgan fingerprint density at radius 1 is 1.76 bits per heavy atom. The first-order chi connectivity index (χ1) is 8.03. The molecule has 1 saturated carbocycles. The maximum absolute atomic E-state index is 12.2. The zero-order chi connectivity index (χ0) is 13.1. The first kappa shape index (κ1) is 13.4. The normalized spacial score (nSPS) is 31.9. The number of nitriles is 1. The van der Waals surface area contributed by atoms with Crippen molar-refractivity contribution in [3.63, 3.8) is 0 Å². The monoisotopic (exact) mass is 235 g/mol. The second-order valence-corrected chi connectivity index (χ2v) is 4.38. The van der Waals surface area contributed by atoms with Gasteiger partial charge in [0.15, 0.2) is 5.78 Å². The lowest BCUT2D eigenvalue weighted by molar-refractivity contribution is -0.151. The van der Waals surface area contributed by atoms with Crippen LogP contribution >= 0.6 is 0 Å². The Morgan fingerprint density at radius 2 is 2.41 bits per heavy atom. The summed E-state index contributed by atoms with van der Waals surface area (Å²) in [7, 11) is 0. The van der Waals surface area contributed by atoms with E-state index < -0.39 is 17.3 Å². The molecule has 0 spiro atoms. The smallest absolute Gasteiger partial charge is 0.316 e. The van der Waals surface area contributed by atoms with Gasteiger partial charge in [-0.05, 0) is 25.7 Å². The van der Waals surface area contributed by atoms with Crippen LogP contribution in [0.4, 0.5) is 0 Å². The molecule has 0 bridgehead atoms. The Hall–Kier alpha value is -1.63. The van der Waals surface area contributed by atoms with Crippen molar-refractivity contribution in [2.75, 3.05) is 6.61 Å². The summed E-state index contributed by atoms with van der Waals surface area (Å²) in [6.45, 7) is 7.34. The van der Waals surface area contributed by atoms with Crippen LogP contribution in [0.1, 0.15) is 26.7 Å². The maximum atomic E-state index is 12.2. The van der Waals surface area contributed by atoms with E-state index in [1.807, 2.05) is 6.92 Å².